The summed E-state index contributed by atoms with van der Waals surface area (Å²) in [5.41, 5.74) is 2.91. The number of benzene rings is 1. The number of aryl methyl sites for hydroxylation is 1. The Bertz CT molecular complexity index is 1440. The summed E-state index contributed by atoms with van der Waals surface area (Å²) in [5.74, 6) is -2.12. The summed E-state index contributed by atoms with van der Waals surface area (Å²) in [6.45, 7) is 0. The lowest BCUT2D eigenvalue weighted by atomic mass is 9.96. The highest BCUT2D eigenvalue weighted by molar-refractivity contribution is 5.92. The van der Waals surface area contributed by atoms with Gasteiger partial charge in [0.05, 0.1) is 16.6 Å². The molecule has 0 aliphatic carbocycles. The summed E-state index contributed by atoms with van der Waals surface area (Å²) in [4.78, 5) is 28.3. The highest BCUT2D eigenvalue weighted by Crippen LogP contribution is 2.41. The summed E-state index contributed by atoms with van der Waals surface area (Å²) in [5, 5.41) is 8.60. The lowest BCUT2D eigenvalue weighted by Gasteiger charge is -2.19. The highest BCUT2D eigenvalue weighted by Gasteiger charge is 2.39. The Morgan fingerprint density at radius 2 is 1.97 bits per heavy atom. The van der Waals surface area contributed by atoms with E-state index in [2.05, 4.69) is 4.98 Å². The molecule has 0 aliphatic rings. The Balaban J connectivity index is 2.09. The van der Waals surface area contributed by atoms with Gasteiger partial charge in [-0.2, -0.15) is 13.2 Å². The van der Waals surface area contributed by atoms with Crippen molar-refractivity contribution in [1.82, 2.24) is 14.0 Å². The van der Waals surface area contributed by atoms with Gasteiger partial charge in [0.1, 0.15) is 17.5 Å². The van der Waals surface area contributed by atoms with Crippen LogP contribution in [0.25, 0.3) is 27.7 Å². The van der Waals surface area contributed by atoms with Gasteiger partial charge in [-0.3, -0.25) is 9.59 Å². The maximum atomic E-state index is 14.2. The molecule has 7 nitrogen and oxygen atoms in total. The van der Waals surface area contributed by atoms with E-state index in [-0.39, 0.29) is 23.1 Å². The third kappa shape index (κ3) is 3.40. The zero-order chi connectivity index (χ0) is 23.4. The van der Waals surface area contributed by atoms with Crippen molar-refractivity contribution < 1.29 is 27.5 Å². The molecule has 0 radical (unpaired) electrons. The van der Waals surface area contributed by atoms with Crippen molar-refractivity contribution in [2.24, 2.45) is 12.8 Å². The molecule has 166 valence electrons. The Morgan fingerprint density at radius 1 is 1.25 bits per heavy atom. The molecule has 0 fully saturated rings. The number of halogens is 4. The number of rotatable bonds is 4. The summed E-state index contributed by atoms with van der Waals surface area (Å²) in [6, 6.07) is 4.26. The first kappa shape index (κ1) is 21.5. The number of imidazole rings is 1. The van der Waals surface area contributed by atoms with E-state index in [1.807, 2.05) is 0 Å². The van der Waals surface area contributed by atoms with Crippen LogP contribution in [0.3, 0.4) is 0 Å². The number of hydrogen-bond donors (Lipinski definition) is 2. The number of hydrogen-bond acceptors (Lipinski definition) is 4. The second kappa shape index (κ2) is 7.45. The van der Waals surface area contributed by atoms with Crippen LogP contribution in [0.1, 0.15) is 11.3 Å². The smallest absolute Gasteiger partial charge is 0.417 e. The number of nitrogens with two attached hydrogens (primary N) is 1. The normalized spacial score (nSPS) is 13.1. The van der Waals surface area contributed by atoms with E-state index in [1.165, 1.54) is 36.0 Å². The molecule has 0 spiro atoms. The minimum Gasteiger partial charge on any atom is -0.480 e. The Labute approximate surface area is 177 Å². The van der Waals surface area contributed by atoms with Gasteiger partial charge in [-0.25, -0.2) is 9.37 Å². The molecule has 4 rings (SSSR count). The Hall–Kier alpha value is -3.73. The van der Waals surface area contributed by atoms with Crippen LogP contribution in [-0.4, -0.2) is 31.1 Å². The standard InChI is InChI=1S/C21H16F4N4O3/c1-28-15-5-2-10(22)8-13(15)17(21(23,24)25)16(19(28)30)12-4-3-11(9-14(26)20(31)32)29-7-6-27-18(12)29/h2-8,14H,9,26H2,1H3,(H,31,32)/t14-/m0/s1. The van der Waals surface area contributed by atoms with E-state index < -0.39 is 46.1 Å². The molecule has 0 saturated carbocycles. The zero-order valence-electron chi connectivity index (χ0n) is 16.5. The monoisotopic (exact) mass is 448 g/mol. The molecule has 1 atom stereocenters. The van der Waals surface area contributed by atoms with Gasteiger partial charge in [-0.1, -0.05) is 0 Å². The molecule has 0 saturated heterocycles. The summed E-state index contributed by atoms with van der Waals surface area (Å²) >= 11 is 0. The van der Waals surface area contributed by atoms with E-state index in [0.29, 0.717) is 5.69 Å². The number of carboxylic acid groups (broad SMARTS) is 1. The maximum absolute atomic E-state index is 14.2. The Morgan fingerprint density at radius 3 is 2.62 bits per heavy atom. The van der Waals surface area contributed by atoms with Gasteiger partial charge in [0.2, 0.25) is 0 Å². The van der Waals surface area contributed by atoms with Crippen molar-refractivity contribution in [3.63, 3.8) is 0 Å². The molecule has 3 heterocycles. The lowest BCUT2D eigenvalue weighted by Crippen LogP contribution is -2.33. The number of fused-ring (bicyclic) bond motifs is 2. The molecule has 3 N–H and O–H groups in total. The average molecular weight is 448 g/mol. The first-order valence-corrected chi connectivity index (χ1v) is 9.34. The van der Waals surface area contributed by atoms with E-state index in [4.69, 9.17) is 10.8 Å². The third-order valence-corrected chi connectivity index (χ3v) is 5.29. The Kier molecular flexibility index (Phi) is 5.00. The van der Waals surface area contributed by atoms with Crippen LogP contribution >= 0.6 is 0 Å². The van der Waals surface area contributed by atoms with Gasteiger partial charge in [0.25, 0.3) is 5.56 Å². The third-order valence-electron chi connectivity index (χ3n) is 5.29. The van der Waals surface area contributed by atoms with Crippen LogP contribution < -0.4 is 11.3 Å². The van der Waals surface area contributed by atoms with Crippen LogP contribution in [0, 0.1) is 5.82 Å². The number of pyridine rings is 2. The molecule has 0 bridgehead atoms. The van der Waals surface area contributed by atoms with Crippen molar-refractivity contribution in [3.8, 4) is 11.1 Å². The largest absolute Gasteiger partial charge is 0.480 e. The number of alkyl halides is 3. The number of carbonyl (C=O) groups is 1. The van der Waals surface area contributed by atoms with Gasteiger partial charge in [0.15, 0.2) is 0 Å². The van der Waals surface area contributed by atoms with Gasteiger partial charge >= 0.3 is 12.1 Å². The summed E-state index contributed by atoms with van der Waals surface area (Å²) in [6.07, 6.45) is -2.34. The number of aromatic nitrogens is 3. The van der Waals surface area contributed by atoms with E-state index in [0.717, 1.165) is 22.8 Å². The fraction of sp³-hybridized carbons (Fsp3) is 0.190. The second-order valence-electron chi connectivity index (χ2n) is 7.28. The molecule has 4 aromatic rings. The quantitative estimate of drug-likeness (QED) is 0.468. The number of aliphatic carboxylic acids is 1. The molecule has 1 aromatic carbocycles. The molecular formula is C21H16F4N4O3. The van der Waals surface area contributed by atoms with Crippen molar-refractivity contribution in [1.29, 1.82) is 0 Å². The fourth-order valence-electron chi connectivity index (χ4n) is 3.81. The summed E-state index contributed by atoms with van der Waals surface area (Å²) in [7, 11) is 1.30. The topological polar surface area (TPSA) is 103 Å². The van der Waals surface area contributed by atoms with Gasteiger partial charge in [-0.05, 0) is 30.3 Å². The van der Waals surface area contributed by atoms with E-state index in [9.17, 15) is 27.2 Å². The predicted molar refractivity (Wildman–Crippen MR) is 108 cm³/mol. The van der Waals surface area contributed by atoms with E-state index >= 15 is 0 Å². The average Bonchev–Trinajstić information content (AvgIpc) is 3.20. The van der Waals surface area contributed by atoms with Gasteiger partial charge < -0.3 is 19.8 Å². The van der Waals surface area contributed by atoms with E-state index in [1.54, 1.807) is 0 Å². The minimum atomic E-state index is -4.97. The SMILES string of the molecule is Cn1c(=O)c(-c2ccc(C[C@H](N)C(=O)O)n3ccnc23)c(C(F)(F)F)c2cc(F)ccc21. The van der Waals surface area contributed by atoms with Gasteiger partial charge in [0, 0.05) is 42.5 Å². The van der Waals surface area contributed by atoms with Crippen LogP contribution in [0.2, 0.25) is 0 Å². The highest BCUT2D eigenvalue weighted by atomic mass is 19.4. The zero-order valence-corrected chi connectivity index (χ0v) is 16.5. The predicted octanol–water partition coefficient (Wildman–Crippen LogP) is 2.97. The van der Waals surface area contributed by atoms with Crippen molar-refractivity contribution in [3.05, 3.63) is 70.2 Å². The fourth-order valence-corrected chi connectivity index (χ4v) is 3.81. The summed E-state index contributed by atoms with van der Waals surface area (Å²) < 4.78 is 58.9. The second-order valence-corrected chi connectivity index (χ2v) is 7.28. The van der Waals surface area contributed by atoms with Crippen molar-refractivity contribution >= 4 is 22.5 Å². The first-order valence-electron chi connectivity index (χ1n) is 9.34. The van der Waals surface area contributed by atoms with Crippen LogP contribution in [0.15, 0.2) is 47.5 Å². The van der Waals surface area contributed by atoms with Crippen LogP contribution in [-0.2, 0) is 24.4 Å². The molecule has 0 unspecified atom stereocenters. The van der Waals surface area contributed by atoms with Crippen LogP contribution in [0.4, 0.5) is 17.6 Å². The molecule has 0 aliphatic heterocycles. The number of nitrogens with zero attached hydrogens (tertiary/aromatic N) is 3. The number of carboxylic acids is 1. The molecule has 0 amide bonds. The molecule has 32 heavy (non-hydrogen) atoms. The van der Waals surface area contributed by atoms with Crippen LogP contribution in [0.5, 0.6) is 0 Å². The molecule has 11 heteroatoms. The maximum Gasteiger partial charge on any atom is 0.417 e. The first-order chi connectivity index (χ1) is 15.0. The van der Waals surface area contributed by atoms with Crippen molar-refractivity contribution in [2.75, 3.05) is 0 Å². The molecule has 3 aromatic heterocycles. The minimum absolute atomic E-state index is 0.0124. The van der Waals surface area contributed by atoms with Gasteiger partial charge in [-0.15, -0.1) is 0 Å². The van der Waals surface area contributed by atoms with Crippen molar-refractivity contribution in [2.45, 2.75) is 18.6 Å². The lowest BCUT2D eigenvalue weighted by molar-refractivity contribution is -0.138. The molecular weight excluding hydrogens is 432 g/mol.